The Labute approximate surface area is 372 Å². The molecule has 0 aromatic rings. The molecular formula is C47H94O8SSi3. The zero-order valence-electron chi connectivity index (χ0n) is 41.4. The molecule has 0 aromatic heterocycles. The third-order valence-electron chi connectivity index (χ3n) is 13.3. The average Bonchev–Trinajstić information content (AvgIpc) is 3.08. The van der Waals surface area contributed by atoms with Crippen LogP contribution in [0.2, 0.25) is 54.4 Å². The molecule has 6 atom stereocenters. The highest BCUT2D eigenvalue weighted by atomic mass is 32.1. The molecule has 1 N–H and O–H groups in total. The minimum Gasteiger partial charge on any atom is -0.463 e. The molecule has 0 aliphatic carbocycles. The van der Waals surface area contributed by atoms with Gasteiger partial charge in [-0.2, -0.15) is 0 Å². The maximum atomic E-state index is 12.7. The van der Waals surface area contributed by atoms with E-state index in [1.165, 1.54) is 57.8 Å². The Morgan fingerprint density at radius 3 is 1.54 bits per heavy atom. The van der Waals surface area contributed by atoms with E-state index in [1.54, 1.807) is 0 Å². The maximum absolute atomic E-state index is 12.7. The number of ether oxygens (including phenoxy) is 3. The van der Waals surface area contributed by atoms with Crippen molar-refractivity contribution in [2.24, 2.45) is 0 Å². The molecule has 1 aliphatic rings. The second-order valence-corrected chi connectivity index (χ2v) is 36.9. The first-order valence-corrected chi connectivity index (χ1v) is 32.5. The molecule has 0 radical (unpaired) electrons. The van der Waals surface area contributed by atoms with Gasteiger partial charge in [0.05, 0.1) is 18.8 Å². The van der Waals surface area contributed by atoms with Crippen LogP contribution in [0.1, 0.15) is 172 Å². The largest absolute Gasteiger partial charge is 0.463 e. The van der Waals surface area contributed by atoms with E-state index in [-0.39, 0.29) is 34.3 Å². The van der Waals surface area contributed by atoms with Gasteiger partial charge >= 0.3 is 5.97 Å². The first-order chi connectivity index (χ1) is 27.1. The monoisotopic (exact) mass is 903 g/mol. The van der Waals surface area contributed by atoms with E-state index in [2.05, 4.69) is 121 Å². The molecule has 0 spiro atoms. The Bertz CT molecular complexity index is 1240. The number of esters is 1. The molecule has 348 valence electrons. The number of aliphatic hydroxyl groups excluding tert-OH is 1. The van der Waals surface area contributed by atoms with Gasteiger partial charge in [0, 0.05) is 12.8 Å². The summed E-state index contributed by atoms with van der Waals surface area (Å²) in [4.78, 5) is 13.5. The Morgan fingerprint density at radius 1 is 0.661 bits per heavy atom. The number of unbranched alkanes of at least 4 members (excludes halogenated alkanes) is 11. The fraction of sp³-hybridized carbons (Fsp3) is 0.915. The van der Waals surface area contributed by atoms with Crippen LogP contribution in [0.15, 0.2) is 12.2 Å². The van der Waals surface area contributed by atoms with Gasteiger partial charge in [0.2, 0.25) is 0 Å². The molecule has 1 unspecified atom stereocenters. The third kappa shape index (κ3) is 20.8. The number of carbonyl (C=O) groups is 1. The van der Waals surface area contributed by atoms with Crippen molar-refractivity contribution < 1.29 is 37.4 Å². The van der Waals surface area contributed by atoms with E-state index >= 15 is 0 Å². The third-order valence-corrected chi connectivity index (χ3v) is 26.9. The molecule has 1 rings (SSSR count). The fourth-order valence-electron chi connectivity index (χ4n) is 6.27. The number of hydrogen-bond acceptors (Lipinski definition) is 9. The van der Waals surface area contributed by atoms with Crippen LogP contribution in [-0.4, -0.2) is 90.9 Å². The summed E-state index contributed by atoms with van der Waals surface area (Å²) in [5.41, 5.74) is 0. The minimum absolute atomic E-state index is 0.0551. The van der Waals surface area contributed by atoms with Gasteiger partial charge in [-0.3, -0.25) is 4.79 Å². The smallest absolute Gasteiger partial charge is 0.305 e. The van der Waals surface area contributed by atoms with Crippen LogP contribution in [0.25, 0.3) is 0 Å². The summed E-state index contributed by atoms with van der Waals surface area (Å²) in [6.07, 6.45) is 17.3. The van der Waals surface area contributed by atoms with E-state index in [9.17, 15) is 9.90 Å². The number of thiocarbonyl (C=S) groups is 1. The summed E-state index contributed by atoms with van der Waals surface area (Å²) in [7, 11) is -7.18. The van der Waals surface area contributed by atoms with Crippen molar-refractivity contribution in [2.75, 3.05) is 13.2 Å². The summed E-state index contributed by atoms with van der Waals surface area (Å²) < 4.78 is 40.9. The molecule has 1 fully saturated rings. The molecule has 1 aliphatic heterocycles. The van der Waals surface area contributed by atoms with Gasteiger partial charge in [0.15, 0.2) is 31.2 Å². The molecule has 1 saturated heterocycles. The first kappa shape index (κ1) is 56.7. The molecule has 1 heterocycles. The van der Waals surface area contributed by atoms with E-state index < -0.39 is 61.8 Å². The van der Waals surface area contributed by atoms with Gasteiger partial charge in [-0.1, -0.05) is 145 Å². The predicted molar refractivity (Wildman–Crippen MR) is 260 cm³/mol. The lowest BCUT2D eigenvalue weighted by molar-refractivity contribution is -0.290. The second-order valence-electron chi connectivity index (χ2n) is 22.0. The van der Waals surface area contributed by atoms with Crippen molar-refractivity contribution in [1.29, 1.82) is 0 Å². The lowest BCUT2D eigenvalue weighted by atomic mass is 9.96. The van der Waals surface area contributed by atoms with Crippen LogP contribution in [0, 0.1) is 0 Å². The van der Waals surface area contributed by atoms with Gasteiger partial charge in [-0.15, -0.1) is 0 Å². The van der Waals surface area contributed by atoms with Crippen LogP contribution >= 0.6 is 12.2 Å². The number of hydrogen-bond donors (Lipinski definition) is 1. The van der Waals surface area contributed by atoms with Crippen molar-refractivity contribution in [1.82, 2.24) is 0 Å². The van der Waals surface area contributed by atoms with Crippen molar-refractivity contribution in [3.05, 3.63) is 12.2 Å². The van der Waals surface area contributed by atoms with Crippen molar-refractivity contribution in [2.45, 2.75) is 264 Å². The van der Waals surface area contributed by atoms with Gasteiger partial charge in [-0.25, -0.2) is 0 Å². The van der Waals surface area contributed by atoms with Crippen LogP contribution in [0.3, 0.4) is 0 Å². The van der Waals surface area contributed by atoms with E-state index in [0.717, 1.165) is 30.5 Å². The molecule has 8 nitrogen and oxygen atoms in total. The molecule has 0 amide bonds. The van der Waals surface area contributed by atoms with Crippen LogP contribution < -0.4 is 0 Å². The van der Waals surface area contributed by atoms with Crippen LogP contribution in [0.5, 0.6) is 0 Å². The number of carbonyl (C=O) groups excluding carboxylic acids is 1. The standard InChI is InChI=1S/C47H94O8SSi3/c1-18-19-20-21-22-23-24-25-26-27-28-29-30-31-32-33-40(49)50-35-38(48)36-51-44-43(55-59(16,17)47(9,10)11)42(54-58(14,15)46(6,7)8)41(39(52-44)34-37(2)56)53-57(12,13)45(3,4)5/h25-26,38-39,41-44,48H,18-24,27-36H2,1-17H3/b26-25-/t38?,39-,41-,42+,43-,44+/m1/s1. The summed E-state index contributed by atoms with van der Waals surface area (Å²) in [6.45, 7) is 37.6. The first-order valence-electron chi connectivity index (χ1n) is 23.3. The number of allylic oxidation sites excluding steroid dienone is 2. The van der Waals surface area contributed by atoms with Gasteiger partial charge < -0.3 is 32.6 Å². The highest BCUT2D eigenvalue weighted by molar-refractivity contribution is 7.80. The molecule has 0 bridgehead atoms. The molecule has 12 heteroatoms. The Morgan fingerprint density at radius 2 is 1.08 bits per heavy atom. The zero-order valence-corrected chi connectivity index (χ0v) is 45.2. The van der Waals surface area contributed by atoms with Gasteiger partial charge in [0.1, 0.15) is 24.9 Å². The lowest BCUT2D eigenvalue weighted by Gasteiger charge is -2.54. The number of rotatable bonds is 28. The lowest BCUT2D eigenvalue weighted by Crippen LogP contribution is -2.68. The topological polar surface area (TPSA) is 92.7 Å². The Kier molecular flexibility index (Phi) is 24.9. The maximum Gasteiger partial charge on any atom is 0.305 e. The van der Waals surface area contributed by atoms with Gasteiger partial charge in [-0.05, 0) is 98.3 Å². The van der Waals surface area contributed by atoms with Crippen molar-refractivity contribution >= 4 is 48.0 Å². The second kappa shape index (κ2) is 25.9. The fourth-order valence-corrected chi connectivity index (χ4v) is 10.3. The summed E-state index contributed by atoms with van der Waals surface area (Å²) in [6, 6.07) is 0. The van der Waals surface area contributed by atoms with E-state index in [1.807, 2.05) is 6.92 Å². The highest BCUT2D eigenvalue weighted by Crippen LogP contribution is 2.46. The quantitative estimate of drug-likeness (QED) is 0.0271. The van der Waals surface area contributed by atoms with Crippen molar-refractivity contribution in [3.8, 4) is 0 Å². The van der Waals surface area contributed by atoms with Gasteiger partial charge in [0.25, 0.3) is 0 Å². The summed E-state index contributed by atoms with van der Waals surface area (Å²) >= 11 is 5.70. The molecule has 0 aromatic carbocycles. The summed E-state index contributed by atoms with van der Waals surface area (Å²) in [5, 5.41) is 10.8. The van der Waals surface area contributed by atoms with Crippen molar-refractivity contribution in [3.63, 3.8) is 0 Å². The highest BCUT2D eigenvalue weighted by Gasteiger charge is 2.56. The van der Waals surface area contributed by atoms with Crippen LogP contribution in [0.4, 0.5) is 0 Å². The summed E-state index contributed by atoms with van der Waals surface area (Å²) in [5.74, 6) is -0.292. The molecular weight excluding hydrogens is 809 g/mol. The Balaban J connectivity index is 3.02. The predicted octanol–water partition coefficient (Wildman–Crippen LogP) is 13.6. The Hall–Kier alpha value is -0.289. The zero-order chi connectivity index (χ0) is 45.3. The molecule has 59 heavy (non-hydrogen) atoms. The number of aliphatic hydroxyl groups is 1. The molecule has 0 saturated carbocycles. The van der Waals surface area contributed by atoms with E-state index in [4.69, 9.17) is 39.7 Å². The SMILES string of the molecule is CCCCCCCC/C=C\CCCCCCCC(=O)OCC(O)CO[C@H]1O[C@H](CC(C)=S)[C@@H](O[Si](C)(C)C(C)(C)C)[C@H](O[Si](C)(C)C(C)(C)C)[C@H]1O[Si](C)(C)C(C)(C)C. The average molecular weight is 904 g/mol. The normalized spacial score (nSPS) is 21.9. The van der Waals surface area contributed by atoms with E-state index in [0.29, 0.717) is 12.8 Å². The van der Waals surface area contributed by atoms with Crippen LogP contribution in [-0.2, 0) is 32.3 Å². The minimum atomic E-state index is -2.43.